The maximum atomic E-state index is 7.70. The minimum atomic E-state index is 0.103. The summed E-state index contributed by atoms with van der Waals surface area (Å²) in [6.07, 6.45) is 4.54. The highest BCUT2D eigenvalue weighted by atomic mass is 16.5. The molecule has 1 atom stereocenters. The molecule has 0 saturated carbocycles. The summed E-state index contributed by atoms with van der Waals surface area (Å²) in [4.78, 5) is 6.44. The molecule has 3 heterocycles. The zero-order valence-electron chi connectivity index (χ0n) is 17.6. The van der Waals surface area contributed by atoms with Crippen molar-refractivity contribution in [2.24, 2.45) is 5.73 Å². The van der Waals surface area contributed by atoms with E-state index in [4.69, 9.17) is 15.7 Å². The summed E-state index contributed by atoms with van der Waals surface area (Å²) in [5, 5.41) is 20.3. The Morgan fingerprint density at radius 1 is 1.09 bits per heavy atom. The van der Waals surface area contributed by atoms with E-state index in [0.717, 1.165) is 41.8 Å². The van der Waals surface area contributed by atoms with E-state index in [0.29, 0.717) is 24.7 Å². The average Bonchev–Trinajstić information content (AvgIpc) is 3.57. The monoisotopic (exact) mass is 428 g/mol. The van der Waals surface area contributed by atoms with Gasteiger partial charge in [-0.15, -0.1) is 5.10 Å². The maximum Gasteiger partial charge on any atom is 0.229 e. The Hall–Kier alpha value is -4.01. The van der Waals surface area contributed by atoms with Crippen LogP contribution in [0.15, 0.2) is 65.3 Å². The van der Waals surface area contributed by atoms with Crippen molar-refractivity contribution in [2.75, 3.05) is 6.54 Å². The van der Waals surface area contributed by atoms with E-state index in [1.165, 1.54) is 0 Å². The normalized spacial score (nSPS) is 15.9. The van der Waals surface area contributed by atoms with Crippen LogP contribution in [0.25, 0.3) is 22.6 Å². The third kappa shape index (κ3) is 4.22. The molecule has 5 rings (SSSR count). The highest BCUT2D eigenvalue weighted by molar-refractivity contribution is 5.75. The summed E-state index contributed by atoms with van der Waals surface area (Å²) in [5.74, 6) is 1.23. The summed E-state index contributed by atoms with van der Waals surface area (Å²) in [7, 11) is 0. The zero-order valence-corrected chi connectivity index (χ0v) is 17.6. The van der Waals surface area contributed by atoms with E-state index >= 15 is 0 Å². The molecule has 0 amide bonds. The fourth-order valence-corrected chi connectivity index (χ4v) is 4.08. The average molecular weight is 429 g/mol. The number of nitrogens with two attached hydrogens (primary N) is 1. The number of aromatic nitrogens is 5. The van der Waals surface area contributed by atoms with Crippen LogP contribution < -0.4 is 5.73 Å². The van der Waals surface area contributed by atoms with Crippen molar-refractivity contribution in [1.29, 1.82) is 5.41 Å². The molecule has 162 valence electrons. The lowest BCUT2D eigenvalue weighted by atomic mass is 10.1. The SMILES string of the molecule is N=C(N)N1CCCC1Cc1nc(-c2ccc(Cn3cc(-c4ccccc4)nn3)cc2)no1. The molecule has 1 fully saturated rings. The number of hydrogen-bond donors (Lipinski definition) is 2. The molecule has 0 radical (unpaired) electrons. The lowest BCUT2D eigenvalue weighted by Gasteiger charge is -2.23. The summed E-state index contributed by atoms with van der Waals surface area (Å²) in [6, 6.07) is 18.2. The molecule has 9 heteroatoms. The van der Waals surface area contributed by atoms with Crippen LogP contribution in [0.2, 0.25) is 0 Å². The number of guanidine groups is 1. The van der Waals surface area contributed by atoms with Gasteiger partial charge in [0.1, 0.15) is 5.69 Å². The van der Waals surface area contributed by atoms with Crippen molar-refractivity contribution in [1.82, 2.24) is 30.0 Å². The standard InChI is InChI=1S/C23H24N8O/c24-23(25)31-12-4-7-19(31)13-21-26-22(28-32-21)18-10-8-16(9-11-18)14-30-15-20(27-29-30)17-5-2-1-3-6-17/h1-3,5-6,8-11,15,19H,4,7,12-14H2,(H3,24,25). The van der Waals surface area contributed by atoms with E-state index < -0.39 is 0 Å². The number of nitrogens with zero attached hydrogens (tertiary/aromatic N) is 6. The molecule has 0 bridgehead atoms. The second-order valence-electron chi connectivity index (χ2n) is 7.95. The molecule has 1 aliphatic heterocycles. The van der Waals surface area contributed by atoms with Crippen molar-refractivity contribution in [2.45, 2.75) is 31.8 Å². The predicted octanol–water partition coefficient (Wildman–Crippen LogP) is 2.94. The topological polar surface area (TPSA) is 123 Å². The van der Waals surface area contributed by atoms with Gasteiger partial charge in [0.15, 0.2) is 5.96 Å². The summed E-state index contributed by atoms with van der Waals surface area (Å²) in [6.45, 7) is 1.43. The van der Waals surface area contributed by atoms with Gasteiger partial charge in [-0.1, -0.05) is 65.0 Å². The second-order valence-corrected chi connectivity index (χ2v) is 7.95. The molecule has 0 spiro atoms. The van der Waals surface area contributed by atoms with Gasteiger partial charge in [-0.25, -0.2) is 4.68 Å². The Balaban J connectivity index is 1.24. The molecule has 1 aliphatic rings. The molecular weight excluding hydrogens is 404 g/mol. The van der Waals surface area contributed by atoms with Gasteiger partial charge in [0, 0.05) is 30.1 Å². The first kappa shape index (κ1) is 19.9. The molecule has 2 aromatic carbocycles. The van der Waals surface area contributed by atoms with Gasteiger partial charge in [0.2, 0.25) is 11.7 Å². The fraction of sp³-hybridized carbons (Fsp3) is 0.261. The minimum Gasteiger partial charge on any atom is -0.370 e. The highest BCUT2D eigenvalue weighted by Gasteiger charge is 2.27. The number of nitrogens with one attached hydrogen (secondary N) is 1. The molecule has 2 aromatic heterocycles. The Labute approximate surface area is 185 Å². The molecule has 32 heavy (non-hydrogen) atoms. The van der Waals surface area contributed by atoms with Crippen molar-refractivity contribution in [3.63, 3.8) is 0 Å². The van der Waals surface area contributed by atoms with Crippen molar-refractivity contribution in [3.8, 4) is 22.6 Å². The molecule has 3 N–H and O–H groups in total. The summed E-state index contributed by atoms with van der Waals surface area (Å²) in [5.41, 5.74) is 9.56. The van der Waals surface area contributed by atoms with Crippen molar-refractivity contribution < 1.29 is 4.52 Å². The first-order valence-corrected chi connectivity index (χ1v) is 10.6. The third-order valence-electron chi connectivity index (χ3n) is 5.73. The van der Waals surface area contributed by atoms with E-state index in [9.17, 15) is 0 Å². The smallest absolute Gasteiger partial charge is 0.229 e. The number of hydrogen-bond acceptors (Lipinski definition) is 6. The molecule has 1 saturated heterocycles. The Morgan fingerprint density at radius 2 is 1.91 bits per heavy atom. The number of rotatable bonds is 6. The quantitative estimate of drug-likeness (QED) is 0.357. The summed E-state index contributed by atoms with van der Waals surface area (Å²) >= 11 is 0. The van der Waals surface area contributed by atoms with Crippen LogP contribution in [-0.4, -0.2) is 48.6 Å². The zero-order chi connectivity index (χ0) is 21.9. The molecule has 0 aliphatic carbocycles. The number of likely N-dealkylation sites (tertiary alicyclic amines) is 1. The van der Waals surface area contributed by atoms with Gasteiger partial charge in [-0.2, -0.15) is 4.98 Å². The minimum absolute atomic E-state index is 0.103. The lowest BCUT2D eigenvalue weighted by Crippen LogP contribution is -2.41. The highest BCUT2D eigenvalue weighted by Crippen LogP contribution is 2.22. The van der Waals surface area contributed by atoms with Gasteiger partial charge in [0.05, 0.1) is 12.7 Å². The van der Waals surface area contributed by atoms with Gasteiger partial charge in [-0.3, -0.25) is 5.41 Å². The summed E-state index contributed by atoms with van der Waals surface area (Å²) < 4.78 is 7.28. The van der Waals surface area contributed by atoms with Gasteiger partial charge < -0.3 is 15.2 Å². The van der Waals surface area contributed by atoms with E-state index in [2.05, 4.69) is 20.5 Å². The van der Waals surface area contributed by atoms with Crippen molar-refractivity contribution in [3.05, 3.63) is 72.2 Å². The van der Waals surface area contributed by atoms with Gasteiger partial charge in [-0.05, 0) is 18.4 Å². The van der Waals surface area contributed by atoms with Crippen LogP contribution in [0.5, 0.6) is 0 Å². The fourth-order valence-electron chi connectivity index (χ4n) is 4.08. The van der Waals surface area contributed by atoms with Crippen LogP contribution in [0.3, 0.4) is 0 Å². The maximum absolute atomic E-state index is 7.70. The Bertz CT molecular complexity index is 1200. The lowest BCUT2D eigenvalue weighted by molar-refractivity contribution is 0.320. The van der Waals surface area contributed by atoms with Crippen LogP contribution >= 0.6 is 0 Å². The largest absolute Gasteiger partial charge is 0.370 e. The van der Waals surface area contributed by atoms with E-state index in [-0.39, 0.29) is 12.0 Å². The second kappa shape index (κ2) is 8.62. The molecule has 4 aromatic rings. The van der Waals surface area contributed by atoms with Gasteiger partial charge >= 0.3 is 0 Å². The third-order valence-corrected chi connectivity index (χ3v) is 5.73. The predicted molar refractivity (Wildman–Crippen MR) is 120 cm³/mol. The molecule has 9 nitrogen and oxygen atoms in total. The van der Waals surface area contributed by atoms with Crippen LogP contribution in [0.4, 0.5) is 0 Å². The van der Waals surface area contributed by atoms with Crippen molar-refractivity contribution >= 4 is 5.96 Å². The van der Waals surface area contributed by atoms with Gasteiger partial charge in [0.25, 0.3) is 0 Å². The van der Waals surface area contributed by atoms with Crippen LogP contribution in [0, 0.1) is 5.41 Å². The molecule has 1 unspecified atom stereocenters. The molecular formula is C23H24N8O. The Morgan fingerprint density at radius 3 is 2.69 bits per heavy atom. The number of benzene rings is 2. The van der Waals surface area contributed by atoms with Crippen LogP contribution in [-0.2, 0) is 13.0 Å². The first-order valence-electron chi connectivity index (χ1n) is 10.6. The first-order chi connectivity index (χ1) is 15.7. The Kier molecular flexibility index (Phi) is 5.37. The van der Waals surface area contributed by atoms with Crippen LogP contribution in [0.1, 0.15) is 24.3 Å². The van der Waals surface area contributed by atoms with E-state index in [1.807, 2.05) is 70.4 Å². The van der Waals surface area contributed by atoms with E-state index in [1.54, 1.807) is 0 Å².